The second-order valence-corrected chi connectivity index (χ2v) is 12.3. The summed E-state index contributed by atoms with van der Waals surface area (Å²) in [5.74, 6) is 0.326. The summed E-state index contributed by atoms with van der Waals surface area (Å²) < 4.78 is 19.3. The van der Waals surface area contributed by atoms with Crippen molar-refractivity contribution < 1.29 is 29.3 Å². The predicted octanol–water partition coefficient (Wildman–Crippen LogP) is 3.54. The monoisotopic (exact) mass is 590 g/mol. The van der Waals surface area contributed by atoms with Crippen LogP contribution in [0.25, 0.3) is 11.0 Å². The van der Waals surface area contributed by atoms with Crippen LogP contribution in [-0.4, -0.2) is 45.7 Å². The van der Waals surface area contributed by atoms with E-state index in [4.69, 9.17) is 25.4 Å². The molecule has 3 aliphatic rings. The summed E-state index contributed by atoms with van der Waals surface area (Å²) in [5.41, 5.74) is 12.5. The summed E-state index contributed by atoms with van der Waals surface area (Å²) >= 11 is 0. The molecule has 2 aliphatic carbocycles. The lowest BCUT2D eigenvalue weighted by molar-refractivity contribution is -0.0229. The van der Waals surface area contributed by atoms with Gasteiger partial charge in [-0.05, 0) is 63.3 Å². The Hall–Kier alpha value is -4.06. The minimum atomic E-state index is -1.67. The number of hydrogen-bond donors (Lipinski definition) is 6. The Labute approximate surface area is 248 Å². The molecule has 0 spiro atoms. The highest BCUT2D eigenvalue weighted by Gasteiger charge is 2.43. The van der Waals surface area contributed by atoms with Crippen LogP contribution >= 0.6 is 0 Å². The number of ether oxygens (including phenoxy) is 2. The number of nitrogens with one attached hydrogen (secondary N) is 1. The summed E-state index contributed by atoms with van der Waals surface area (Å²) in [4.78, 5) is 18.8. The number of nitrogens with two attached hydrogens (primary N) is 2. The molecule has 3 aromatic rings. The van der Waals surface area contributed by atoms with Gasteiger partial charge in [-0.3, -0.25) is 20.5 Å². The number of nitrogens with zero attached hydrogens (tertiary/aromatic N) is 1. The van der Waals surface area contributed by atoms with Gasteiger partial charge >= 0.3 is 0 Å². The van der Waals surface area contributed by atoms with Crippen molar-refractivity contribution in [2.24, 2.45) is 16.5 Å². The van der Waals surface area contributed by atoms with Gasteiger partial charge in [0.2, 0.25) is 5.43 Å². The van der Waals surface area contributed by atoms with Crippen molar-refractivity contribution in [3.05, 3.63) is 75.2 Å². The Kier molecular flexibility index (Phi) is 7.35. The van der Waals surface area contributed by atoms with Crippen LogP contribution in [0.1, 0.15) is 74.3 Å². The van der Waals surface area contributed by atoms with Crippen LogP contribution < -0.4 is 31.8 Å². The Bertz CT molecular complexity index is 1650. The maximum absolute atomic E-state index is 14.7. The maximum Gasteiger partial charge on any atom is 0.200 e. The molecule has 0 radical (unpaired) electrons. The second-order valence-electron chi connectivity index (χ2n) is 12.3. The van der Waals surface area contributed by atoms with Crippen LogP contribution in [0, 0.1) is 0 Å². The molecule has 11 nitrogen and oxygen atoms in total. The van der Waals surface area contributed by atoms with E-state index in [9.17, 15) is 20.2 Å². The largest absolute Gasteiger partial charge is 0.489 e. The van der Waals surface area contributed by atoms with Gasteiger partial charge in [0.1, 0.15) is 39.9 Å². The van der Waals surface area contributed by atoms with Gasteiger partial charge < -0.3 is 35.6 Å². The lowest BCUT2D eigenvalue weighted by Crippen LogP contribution is -2.39. The van der Waals surface area contributed by atoms with Crippen LogP contribution in [0.3, 0.4) is 0 Å². The molecule has 228 valence electrons. The lowest BCUT2D eigenvalue weighted by Gasteiger charge is -2.32. The Morgan fingerprint density at radius 1 is 1.21 bits per heavy atom. The van der Waals surface area contributed by atoms with Crippen molar-refractivity contribution in [3.8, 4) is 11.5 Å². The highest BCUT2D eigenvalue weighted by atomic mass is 16.5. The zero-order valence-corrected chi connectivity index (χ0v) is 24.3. The zero-order valence-electron chi connectivity index (χ0n) is 24.3. The third-order valence-electron chi connectivity index (χ3n) is 8.72. The lowest BCUT2D eigenvalue weighted by atomic mass is 9.78. The molecule has 8 N–H and O–H groups in total. The van der Waals surface area contributed by atoms with Crippen molar-refractivity contribution in [2.75, 3.05) is 12.0 Å². The molecule has 2 heterocycles. The highest BCUT2D eigenvalue weighted by Crippen LogP contribution is 2.47. The SMILES string of the molecule is CC(C)(O)C1Cc2c(cc3oc4c(c(=O)c3c2OC2CCCC2)C(c2ccc(NO)cc2)C=CC4(O)CCN=C(N)N)O1. The van der Waals surface area contributed by atoms with Gasteiger partial charge in [0.05, 0.1) is 23.0 Å². The smallest absolute Gasteiger partial charge is 0.200 e. The highest BCUT2D eigenvalue weighted by molar-refractivity contribution is 5.89. The minimum absolute atomic E-state index is 0.0583. The molecule has 1 fully saturated rings. The Morgan fingerprint density at radius 2 is 1.93 bits per heavy atom. The molecule has 0 bridgehead atoms. The molecule has 1 aliphatic heterocycles. The van der Waals surface area contributed by atoms with Crippen LogP contribution in [-0.2, 0) is 12.0 Å². The van der Waals surface area contributed by atoms with Crippen molar-refractivity contribution in [2.45, 2.75) is 81.7 Å². The molecule has 3 atom stereocenters. The Balaban J connectivity index is 1.58. The van der Waals surface area contributed by atoms with E-state index in [1.165, 1.54) is 0 Å². The van der Waals surface area contributed by atoms with Crippen LogP contribution in [0.2, 0.25) is 0 Å². The number of allylic oxidation sites excluding steroid dienone is 1. The van der Waals surface area contributed by atoms with E-state index in [0.717, 1.165) is 36.8 Å². The molecule has 0 amide bonds. The third-order valence-corrected chi connectivity index (χ3v) is 8.72. The van der Waals surface area contributed by atoms with Crippen molar-refractivity contribution in [3.63, 3.8) is 0 Å². The first-order chi connectivity index (χ1) is 20.5. The van der Waals surface area contributed by atoms with Gasteiger partial charge in [0.15, 0.2) is 5.96 Å². The molecule has 1 saturated carbocycles. The number of fused-ring (bicyclic) bond motifs is 3. The van der Waals surface area contributed by atoms with E-state index in [1.54, 1.807) is 56.3 Å². The number of anilines is 1. The van der Waals surface area contributed by atoms with Gasteiger partial charge in [-0.15, -0.1) is 0 Å². The summed E-state index contributed by atoms with van der Waals surface area (Å²) in [7, 11) is 0. The molecular formula is C32H38N4O7. The predicted molar refractivity (Wildman–Crippen MR) is 162 cm³/mol. The van der Waals surface area contributed by atoms with Gasteiger partial charge in [0, 0.05) is 36.9 Å². The second kappa shape index (κ2) is 10.9. The first-order valence-corrected chi connectivity index (χ1v) is 14.7. The average Bonchev–Trinajstić information content (AvgIpc) is 3.64. The first kappa shape index (κ1) is 29.0. The van der Waals surface area contributed by atoms with Gasteiger partial charge in [0.25, 0.3) is 0 Å². The average molecular weight is 591 g/mol. The molecule has 6 rings (SSSR count). The molecule has 1 aromatic heterocycles. The number of benzene rings is 2. The number of hydrogen-bond acceptors (Lipinski definition) is 9. The standard InChI is InChI=1S/C32H38N4O7/c1-31(2,38)24-15-21-22(42-24)16-23-26(28(21)41-19-5-3-4-6-19)27(37)25-20(17-7-9-18(36-40)10-8-17)11-12-32(39,29(25)43-23)13-14-35-30(33)34/h7-12,16,19-20,24,36,38-40H,3-6,13-15H2,1-2H3,(H4,33,34,35). The van der Waals surface area contributed by atoms with Gasteiger partial charge in [-0.25, -0.2) is 0 Å². The van der Waals surface area contributed by atoms with Crippen LogP contribution in [0.15, 0.2) is 56.7 Å². The third kappa shape index (κ3) is 5.32. The van der Waals surface area contributed by atoms with E-state index < -0.39 is 23.2 Å². The van der Waals surface area contributed by atoms with E-state index in [0.29, 0.717) is 23.6 Å². The number of aliphatic imine (C=N–C) groups is 1. The van der Waals surface area contributed by atoms with Crippen molar-refractivity contribution >= 4 is 22.6 Å². The summed E-state index contributed by atoms with van der Waals surface area (Å²) in [6.07, 6.45) is 7.05. The summed E-state index contributed by atoms with van der Waals surface area (Å²) in [6, 6.07) is 8.64. The van der Waals surface area contributed by atoms with Crippen LogP contribution in [0.5, 0.6) is 11.5 Å². The fourth-order valence-electron chi connectivity index (χ4n) is 6.35. The molecule has 3 unspecified atom stereocenters. The molecule has 11 heteroatoms. The van der Waals surface area contributed by atoms with E-state index in [1.807, 2.05) is 0 Å². The number of rotatable bonds is 8. The first-order valence-electron chi connectivity index (χ1n) is 14.7. The molecule has 43 heavy (non-hydrogen) atoms. The van der Waals surface area contributed by atoms with E-state index >= 15 is 0 Å². The summed E-state index contributed by atoms with van der Waals surface area (Å²) in [6.45, 7) is 3.48. The van der Waals surface area contributed by atoms with Gasteiger partial charge in [-0.1, -0.05) is 18.2 Å². The molecular weight excluding hydrogens is 552 g/mol. The maximum atomic E-state index is 14.7. The molecule has 0 saturated heterocycles. The topological polar surface area (TPSA) is 186 Å². The van der Waals surface area contributed by atoms with E-state index in [2.05, 4.69) is 10.5 Å². The Morgan fingerprint density at radius 3 is 2.58 bits per heavy atom. The number of guanidine groups is 1. The normalized spacial score (nSPS) is 23.1. The van der Waals surface area contributed by atoms with Gasteiger partial charge in [-0.2, -0.15) is 0 Å². The quantitative estimate of drug-likeness (QED) is 0.0981. The van der Waals surface area contributed by atoms with Crippen LogP contribution in [0.4, 0.5) is 5.69 Å². The molecule has 2 aromatic carbocycles. The summed E-state index contributed by atoms with van der Waals surface area (Å²) in [5, 5.41) is 32.3. The van der Waals surface area contributed by atoms with Crippen molar-refractivity contribution in [1.29, 1.82) is 0 Å². The fourth-order valence-corrected chi connectivity index (χ4v) is 6.35. The van der Waals surface area contributed by atoms with E-state index in [-0.39, 0.29) is 52.8 Å². The minimum Gasteiger partial charge on any atom is -0.489 e. The van der Waals surface area contributed by atoms with Crippen molar-refractivity contribution in [1.82, 2.24) is 0 Å². The zero-order chi connectivity index (χ0) is 30.5. The fraction of sp³-hybridized carbons (Fsp3) is 0.438. The number of aliphatic hydroxyl groups is 2.